The molecule has 0 aliphatic carbocycles. The van der Waals surface area contributed by atoms with Crippen molar-refractivity contribution in [2.75, 3.05) is 5.32 Å². The van der Waals surface area contributed by atoms with Crippen LogP contribution < -0.4 is 10.1 Å². The minimum absolute atomic E-state index is 0.390. The molecule has 2 bridgehead atoms. The average Bonchev–Trinajstić information content (AvgIpc) is 3.25. The molecule has 6 heteroatoms. The Labute approximate surface area is 150 Å². The molecule has 0 aromatic heterocycles. The molecule has 0 radical (unpaired) electrons. The first-order valence-electron chi connectivity index (χ1n) is 8.33. The zero-order valence-electron chi connectivity index (χ0n) is 13.7. The number of carbonyl (C=O) groups is 2. The van der Waals surface area contributed by atoms with Crippen molar-refractivity contribution in [1.29, 1.82) is 0 Å². The van der Waals surface area contributed by atoms with E-state index in [-0.39, 0.29) is 0 Å². The van der Waals surface area contributed by atoms with Crippen LogP contribution >= 0.6 is 0 Å². The molecule has 26 heavy (non-hydrogen) atoms. The second kappa shape index (κ2) is 6.65. The fraction of sp³-hybridized carbons (Fsp3) is 0.200. The van der Waals surface area contributed by atoms with E-state index in [4.69, 9.17) is 9.47 Å². The van der Waals surface area contributed by atoms with Crippen LogP contribution in [0.25, 0.3) is 0 Å². The highest BCUT2D eigenvalue weighted by Gasteiger charge is 2.53. The minimum atomic E-state index is -1.03. The molecule has 2 aromatic carbocycles. The van der Waals surface area contributed by atoms with Gasteiger partial charge >= 0.3 is 5.97 Å². The zero-order chi connectivity index (χ0) is 18.1. The maximum atomic E-state index is 12.8. The van der Waals surface area contributed by atoms with Crippen molar-refractivity contribution in [2.45, 2.75) is 12.2 Å². The summed E-state index contributed by atoms with van der Waals surface area (Å²) < 4.78 is 11.4. The first-order valence-corrected chi connectivity index (χ1v) is 8.33. The Balaban J connectivity index is 1.55. The molecular formula is C20H17NO5. The van der Waals surface area contributed by atoms with Crippen molar-refractivity contribution in [3.05, 3.63) is 66.7 Å². The third-order valence-corrected chi connectivity index (χ3v) is 4.60. The highest BCUT2D eigenvalue weighted by Crippen LogP contribution is 2.40. The summed E-state index contributed by atoms with van der Waals surface area (Å²) in [5, 5.41) is 12.3. The summed E-state index contributed by atoms with van der Waals surface area (Å²) in [6, 6.07) is 16.3. The highest BCUT2D eigenvalue weighted by atomic mass is 16.5. The highest BCUT2D eigenvalue weighted by molar-refractivity contribution is 5.97. The zero-order valence-corrected chi connectivity index (χ0v) is 13.7. The maximum absolute atomic E-state index is 12.8. The van der Waals surface area contributed by atoms with Crippen LogP contribution in [0.2, 0.25) is 0 Å². The van der Waals surface area contributed by atoms with Gasteiger partial charge < -0.3 is 19.9 Å². The fourth-order valence-electron chi connectivity index (χ4n) is 3.41. The third-order valence-electron chi connectivity index (χ3n) is 4.60. The molecule has 2 aliphatic rings. The molecule has 1 saturated heterocycles. The average molecular weight is 351 g/mol. The predicted molar refractivity (Wildman–Crippen MR) is 94.0 cm³/mol. The number of rotatable bonds is 5. The quantitative estimate of drug-likeness (QED) is 0.809. The SMILES string of the molecule is O=C(O)[C@@H]1[C@H](C(=O)Nc2ccccc2Oc2ccccc2)[C@@H]2C=C[C@@H]1O2. The van der Waals surface area contributed by atoms with Gasteiger partial charge in [-0.1, -0.05) is 42.5 Å². The first kappa shape index (κ1) is 16.4. The van der Waals surface area contributed by atoms with Crippen LogP contribution in [0.3, 0.4) is 0 Å². The van der Waals surface area contributed by atoms with Crippen LogP contribution in [0.4, 0.5) is 5.69 Å². The van der Waals surface area contributed by atoms with Gasteiger partial charge in [-0.25, -0.2) is 0 Å². The third kappa shape index (κ3) is 2.95. The molecule has 4 atom stereocenters. The summed E-state index contributed by atoms with van der Waals surface area (Å²) in [5.74, 6) is -1.95. The Bertz CT molecular complexity index is 864. The summed E-state index contributed by atoms with van der Waals surface area (Å²) in [6.45, 7) is 0. The van der Waals surface area contributed by atoms with Crippen LogP contribution in [-0.2, 0) is 14.3 Å². The van der Waals surface area contributed by atoms with Gasteiger partial charge in [0.25, 0.3) is 0 Å². The number of nitrogens with one attached hydrogen (secondary N) is 1. The van der Waals surface area contributed by atoms with E-state index >= 15 is 0 Å². The smallest absolute Gasteiger partial charge is 0.310 e. The van der Waals surface area contributed by atoms with Crippen molar-refractivity contribution < 1.29 is 24.2 Å². The lowest BCUT2D eigenvalue weighted by molar-refractivity contribution is -0.145. The summed E-state index contributed by atoms with van der Waals surface area (Å²) >= 11 is 0. The number of hydrogen-bond donors (Lipinski definition) is 2. The molecule has 4 rings (SSSR count). The number of hydrogen-bond acceptors (Lipinski definition) is 4. The molecule has 2 N–H and O–H groups in total. The molecule has 1 amide bonds. The van der Waals surface area contributed by atoms with Crippen molar-refractivity contribution in [2.24, 2.45) is 11.8 Å². The number of carboxylic acids is 1. The summed E-state index contributed by atoms with van der Waals surface area (Å²) in [6.07, 6.45) is 2.40. The Morgan fingerprint density at radius 2 is 1.58 bits per heavy atom. The molecule has 0 saturated carbocycles. The Morgan fingerprint density at radius 1 is 0.923 bits per heavy atom. The van der Waals surface area contributed by atoms with E-state index in [0.29, 0.717) is 17.2 Å². The van der Waals surface area contributed by atoms with Crippen LogP contribution in [-0.4, -0.2) is 29.2 Å². The Kier molecular flexibility index (Phi) is 4.18. The molecule has 2 aliphatic heterocycles. The molecule has 0 spiro atoms. The van der Waals surface area contributed by atoms with Gasteiger partial charge in [-0.2, -0.15) is 0 Å². The maximum Gasteiger partial charge on any atom is 0.310 e. The van der Waals surface area contributed by atoms with E-state index in [2.05, 4.69) is 5.32 Å². The second-order valence-corrected chi connectivity index (χ2v) is 6.24. The van der Waals surface area contributed by atoms with E-state index in [9.17, 15) is 14.7 Å². The Hall–Kier alpha value is -3.12. The number of carbonyl (C=O) groups excluding carboxylic acids is 1. The standard InChI is InChI=1S/C20H17NO5/c22-19(17-15-10-11-16(26-15)18(17)20(23)24)21-13-8-4-5-9-14(13)25-12-6-2-1-3-7-12/h1-11,15-18H,(H,21,22)(H,23,24)/t15-,16-,17+,18-/m0/s1. The number of amides is 1. The number of benzene rings is 2. The predicted octanol–water partition coefficient (Wildman–Crippen LogP) is 3.07. The summed E-state index contributed by atoms with van der Waals surface area (Å²) in [4.78, 5) is 24.3. The van der Waals surface area contributed by atoms with Crippen molar-refractivity contribution in [3.8, 4) is 11.5 Å². The van der Waals surface area contributed by atoms with Crippen molar-refractivity contribution in [3.63, 3.8) is 0 Å². The van der Waals surface area contributed by atoms with Crippen molar-refractivity contribution >= 4 is 17.6 Å². The number of fused-ring (bicyclic) bond motifs is 2. The van der Waals surface area contributed by atoms with E-state index in [1.165, 1.54) is 0 Å². The van der Waals surface area contributed by atoms with Crippen LogP contribution in [0.1, 0.15) is 0 Å². The number of ether oxygens (including phenoxy) is 2. The number of para-hydroxylation sites is 3. The van der Waals surface area contributed by atoms with Gasteiger partial charge in [0.15, 0.2) is 5.75 Å². The lowest BCUT2D eigenvalue weighted by Crippen LogP contribution is -2.39. The van der Waals surface area contributed by atoms with Gasteiger partial charge in [-0.3, -0.25) is 9.59 Å². The molecule has 1 fully saturated rings. The monoisotopic (exact) mass is 351 g/mol. The number of carboxylic acid groups (broad SMARTS) is 1. The van der Waals surface area contributed by atoms with E-state index in [0.717, 1.165) is 0 Å². The molecule has 2 aromatic rings. The van der Waals surface area contributed by atoms with Gasteiger partial charge in [-0.05, 0) is 24.3 Å². The van der Waals surface area contributed by atoms with Crippen LogP contribution in [0, 0.1) is 11.8 Å². The molecule has 2 heterocycles. The van der Waals surface area contributed by atoms with E-state index in [1.54, 1.807) is 36.4 Å². The summed E-state index contributed by atoms with van der Waals surface area (Å²) in [7, 11) is 0. The number of aliphatic carboxylic acids is 1. The van der Waals surface area contributed by atoms with E-state index < -0.39 is 35.9 Å². The first-order chi connectivity index (χ1) is 12.6. The lowest BCUT2D eigenvalue weighted by atomic mass is 9.82. The number of anilines is 1. The fourth-order valence-corrected chi connectivity index (χ4v) is 3.41. The van der Waals surface area contributed by atoms with Crippen LogP contribution in [0.15, 0.2) is 66.7 Å². The minimum Gasteiger partial charge on any atom is -0.481 e. The van der Waals surface area contributed by atoms with Gasteiger partial charge in [0.2, 0.25) is 5.91 Å². The normalized spacial score (nSPS) is 25.8. The van der Waals surface area contributed by atoms with Gasteiger partial charge in [0.05, 0.1) is 23.8 Å². The van der Waals surface area contributed by atoms with Crippen molar-refractivity contribution in [1.82, 2.24) is 0 Å². The lowest BCUT2D eigenvalue weighted by Gasteiger charge is -2.21. The van der Waals surface area contributed by atoms with Gasteiger partial charge in [0, 0.05) is 0 Å². The summed E-state index contributed by atoms with van der Waals surface area (Å²) in [5.41, 5.74) is 0.484. The molecule has 132 valence electrons. The molecule has 6 nitrogen and oxygen atoms in total. The van der Waals surface area contributed by atoms with Gasteiger partial charge in [-0.15, -0.1) is 0 Å². The molecule has 0 unspecified atom stereocenters. The topological polar surface area (TPSA) is 84.9 Å². The van der Waals surface area contributed by atoms with E-state index in [1.807, 2.05) is 30.3 Å². The van der Waals surface area contributed by atoms with Gasteiger partial charge in [0.1, 0.15) is 11.7 Å². The Morgan fingerprint density at radius 3 is 2.31 bits per heavy atom. The van der Waals surface area contributed by atoms with Crippen LogP contribution in [0.5, 0.6) is 11.5 Å². The second-order valence-electron chi connectivity index (χ2n) is 6.24. The molecular weight excluding hydrogens is 334 g/mol. The largest absolute Gasteiger partial charge is 0.481 e.